The molecule has 1 aliphatic carbocycles. The summed E-state index contributed by atoms with van der Waals surface area (Å²) in [6.07, 6.45) is 9.71. The zero-order valence-electron chi connectivity index (χ0n) is 13.6. The van der Waals surface area contributed by atoms with Gasteiger partial charge in [-0.15, -0.1) is 0 Å². The van der Waals surface area contributed by atoms with Crippen molar-refractivity contribution in [1.29, 1.82) is 5.26 Å². The van der Waals surface area contributed by atoms with Gasteiger partial charge in [0.2, 0.25) is 5.91 Å². The molecular formula is C17H26N4O2. The summed E-state index contributed by atoms with van der Waals surface area (Å²) in [5, 5.41) is 15.1. The van der Waals surface area contributed by atoms with Crippen LogP contribution in [0.25, 0.3) is 0 Å². The van der Waals surface area contributed by atoms with E-state index < -0.39 is 0 Å². The Bertz CT molecular complexity index is 489. The zero-order valence-corrected chi connectivity index (χ0v) is 13.6. The highest BCUT2D eigenvalue weighted by Crippen LogP contribution is 2.17. The number of carbonyl (C=O) groups excluding carboxylic acids is 2. The maximum Gasteiger partial charge on any atom is 0.263 e. The number of rotatable bonds is 7. The van der Waals surface area contributed by atoms with Crippen LogP contribution in [0.3, 0.4) is 0 Å². The highest BCUT2D eigenvalue weighted by atomic mass is 16.2. The van der Waals surface area contributed by atoms with Gasteiger partial charge in [0.05, 0.1) is 0 Å². The summed E-state index contributed by atoms with van der Waals surface area (Å²) >= 11 is 0. The molecule has 0 unspecified atom stereocenters. The minimum absolute atomic E-state index is 0.118. The van der Waals surface area contributed by atoms with Crippen LogP contribution in [0, 0.1) is 11.3 Å². The normalized spacial score (nSPS) is 19.5. The van der Waals surface area contributed by atoms with Gasteiger partial charge in [-0.25, -0.2) is 0 Å². The van der Waals surface area contributed by atoms with E-state index in [1.54, 1.807) is 6.20 Å². The molecule has 0 aromatic carbocycles. The molecule has 1 saturated carbocycles. The number of nitrogens with zero attached hydrogens (tertiary/aromatic N) is 2. The first-order valence-electron chi connectivity index (χ1n) is 8.63. The van der Waals surface area contributed by atoms with Crippen molar-refractivity contribution in [2.75, 3.05) is 19.6 Å². The third-order valence-electron chi connectivity index (χ3n) is 4.50. The van der Waals surface area contributed by atoms with Crippen LogP contribution in [0.4, 0.5) is 0 Å². The van der Waals surface area contributed by atoms with E-state index in [0.29, 0.717) is 32.0 Å². The Balaban J connectivity index is 1.67. The van der Waals surface area contributed by atoms with Crippen molar-refractivity contribution in [1.82, 2.24) is 15.5 Å². The maximum absolute atomic E-state index is 12.0. The molecule has 2 aliphatic rings. The third-order valence-corrected chi connectivity index (χ3v) is 4.50. The van der Waals surface area contributed by atoms with Crippen molar-refractivity contribution in [3.63, 3.8) is 0 Å². The number of carbonyl (C=O) groups is 2. The number of nitriles is 1. The van der Waals surface area contributed by atoms with Crippen molar-refractivity contribution in [2.45, 2.75) is 57.4 Å². The predicted molar refractivity (Wildman–Crippen MR) is 87.1 cm³/mol. The highest BCUT2D eigenvalue weighted by molar-refractivity contribution is 5.97. The van der Waals surface area contributed by atoms with Crippen LogP contribution in [-0.2, 0) is 9.59 Å². The Morgan fingerprint density at radius 1 is 1.30 bits per heavy atom. The molecule has 2 rings (SSSR count). The smallest absolute Gasteiger partial charge is 0.263 e. The van der Waals surface area contributed by atoms with Gasteiger partial charge in [-0.05, 0) is 25.7 Å². The lowest BCUT2D eigenvalue weighted by Crippen LogP contribution is -2.32. The van der Waals surface area contributed by atoms with E-state index >= 15 is 0 Å². The molecule has 2 fully saturated rings. The van der Waals surface area contributed by atoms with Gasteiger partial charge < -0.3 is 15.5 Å². The second-order valence-corrected chi connectivity index (χ2v) is 6.27. The fourth-order valence-corrected chi connectivity index (χ4v) is 3.13. The molecule has 0 aromatic rings. The van der Waals surface area contributed by atoms with Gasteiger partial charge in [-0.1, -0.05) is 19.3 Å². The van der Waals surface area contributed by atoms with Gasteiger partial charge in [0.1, 0.15) is 11.6 Å². The van der Waals surface area contributed by atoms with Crippen molar-refractivity contribution >= 4 is 11.8 Å². The Labute approximate surface area is 137 Å². The molecule has 0 bridgehead atoms. The monoisotopic (exact) mass is 318 g/mol. The van der Waals surface area contributed by atoms with Crippen LogP contribution in [0.1, 0.15) is 51.4 Å². The minimum Gasteiger partial charge on any atom is -0.387 e. The standard InChI is InChI=1S/C17H26N4O2/c18-12-14(13-20-15-6-2-1-3-7-15)17(23)19-9-5-11-21-10-4-8-16(21)22/h13,15,20H,1-11H2,(H,19,23)/b14-13-. The molecule has 0 aromatic heterocycles. The summed E-state index contributed by atoms with van der Waals surface area (Å²) in [6.45, 7) is 1.97. The van der Waals surface area contributed by atoms with Gasteiger partial charge in [0, 0.05) is 38.3 Å². The van der Waals surface area contributed by atoms with Crippen LogP contribution >= 0.6 is 0 Å². The van der Waals surface area contributed by atoms with E-state index in [1.165, 1.54) is 19.3 Å². The molecule has 0 atom stereocenters. The van der Waals surface area contributed by atoms with Crippen LogP contribution in [0.2, 0.25) is 0 Å². The van der Waals surface area contributed by atoms with E-state index in [2.05, 4.69) is 10.6 Å². The summed E-state index contributed by atoms with van der Waals surface area (Å²) in [4.78, 5) is 25.3. The lowest BCUT2D eigenvalue weighted by atomic mass is 9.96. The van der Waals surface area contributed by atoms with Crippen molar-refractivity contribution in [3.05, 3.63) is 11.8 Å². The molecule has 6 heteroatoms. The summed E-state index contributed by atoms with van der Waals surface area (Å²) in [7, 11) is 0. The van der Waals surface area contributed by atoms with E-state index in [9.17, 15) is 9.59 Å². The Kier molecular flexibility index (Phi) is 6.92. The van der Waals surface area contributed by atoms with Crippen molar-refractivity contribution in [3.8, 4) is 6.07 Å². The first-order chi connectivity index (χ1) is 11.2. The quantitative estimate of drug-likeness (QED) is 0.423. The Morgan fingerprint density at radius 3 is 2.74 bits per heavy atom. The predicted octanol–water partition coefficient (Wildman–Crippen LogP) is 1.44. The van der Waals surface area contributed by atoms with Crippen molar-refractivity contribution in [2.24, 2.45) is 0 Å². The minimum atomic E-state index is -0.344. The summed E-state index contributed by atoms with van der Waals surface area (Å²) in [5.74, 6) is -0.144. The zero-order chi connectivity index (χ0) is 16.5. The molecule has 1 heterocycles. The SMILES string of the molecule is N#C/C(=C/NC1CCCCC1)C(=O)NCCCN1CCCC1=O. The van der Waals surface area contributed by atoms with Crippen LogP contribution in [0.5, 0.6) is 0 Å². The van der Waals surface area contributed by atoms with Gasteiger partial charge in [0.15, 0.2) is 0 Å². The van der Waals surface area contributed by atoms with Crippen molar-refractivity contribution < 1.29 is 9.59 Å². The second kappa shape index (κ2) is 9.19. The largest absolute Gasteiger partial charge is 0.387 e. The molecule has 0 radical (unpaired) electrons. The maximum atomic E-state index is 12.0. The van der Waals surface area contributed by atoms with E-state index in [0.717, 1.165) is 25.8 Å². The number of likely N-dealkylation sites (tertiary alicyclic amines) is 1. The third kappa shape index (κ3) is 5.59. The van der Waals surface area contributed by atoms with E-state index in [-0.39, 0.29) is 17.4 Å². The molecular weight excluding hydrogens is 292 g/mol. The van der Waals surface area contributed by atoms with Crippen LogP contribution in [-0.4, -0.2) is 42.4 Å². The van der Waals surface area contributed by atoms with Gasteiger partial charge in [-0.3, -0.25) is 9.59 Å². The highest BCUT2D eigenvalue weighted by Gasteiger charge is 2.19. The topological polar surface area (TPSA) is 85.2 Å². The molecule has 1 saturated heterocycles. The number of nitrogens with one attached hydrogen (secondary N) is 2. The fraction of sp³-hybridized carbons (Fsp3) is 0.706. The summed E-state index contributed by atoms with van der Waals surface area (Å²) in [6, 6.07) is 2.33. The molecule has 23 heavy (non-hydrogen) atoms. The fourth-order valence-electron chi connectivity index (χ4n) is 3.13. The molecule has 6 nitrogen and oxygen atoms in total. The first kappa shape index (κ1) is 17.3. The number of hydrogen-bond acceptors (Lipinski definition) is 4. The van der Waals surface area contributed by atoms with Gasteiger partial charge >= 0.3 is 0 Å². The molecule has 2 amide bonds. The first-order valence-corrected chi connectivity index (χ1v) is 8.63. The lowest BCUT2D eigenvalue weighted by Gasteiger charge is -2.21. The number of hydrogen-bond donors (Lipinski definition) is 2. The van der Waals surface area contributed by atoms with E-state index in [4.69, 9.17) is 5.26 Å². The average molecular weight is 318 g/mol. The molecule has 2 N–H and O–H groups in total. The molecule has 126 valence electrons. The average Bonchev–Trinajstić information content (AvgIpc) is 2.98. The Morgan fingerprint density at radius 2 is 2.09 bits per heavy atom. The summed E-state index contributed by atoms with van der Waals surface area (Å²) < 4.78 is 0. The molecule has 0 spiro atoms. The second-order valence-electron chi connectivity index (χ2n) is 6.27. The van der Waals surface area contributed by atoms with E-state index in [1.807, 2.05) is 11.0 Å². The number of amides is 2. The van der Waals surface area contributed by atoms with Gasteiger partial charge in [0.25, 0.3) is 5.91 Å². The van der Waals surface area contributed by atoms with Crippen LogP contribution in [0.15, 0.2) is 11.8 Å². The Hall–Kier alpha value is -2.03. The summed E-state index contributed by atoms with van der Waals surface area (Å²) in [5.41, 5.74) is 0.118. The lowest BCUT2D eigenvalue weighted by molar-refractivity contribution is -0.127. The van der Waals surface area contributed by atoms with Crippen LogP contribution < -0.4 is 10.6 Å². The van der Waals surface area contributed by atoms with Gasteiger partial charge in [-0.2, -0.15) is 5.26 Å². The molecule has 1 aliphatic heterocycles.